The number of carbonyl (C=O) groups is 3. The first-order valence-corrected chi connectivity index (χ1v) is 9.49. The fraction of sp³-hybridized carbons (Fsp3) is 0.450. The standard InChI is InChI=1S/C20H19N3O5/c1-9(18(24)21-10-2-4-11(5-3-10)23(27)28)22-19(25)16-12-6-7-13(15-8-14(12)15)17(16)20(22)26/h2-7,9,12-17H,8H2,1H3,(H,21,24)/t9-,12+,13+,14+,15+,16-,17+/m0/s1. The zero-order valence-electron chi connectivity index (χ0n) is 15.1. The number of nitro groups is 1. The Morgan fingerprint density at radius 1 is 1.11 bits per heavy atom. The second kappa shape index (κ2) is 5.73. The van der Waals surface area contributed by atoms with Gasteiger partial charge in [0.25, 0.3) is 5.69 Å². The SMILES string of the molecule is C[C@@H](C(=O)Nc1ccc([N+](=O)[O-])cc1)N1C(=O)[C@@H]2[C@@H]3C=C[C@H]([C@H]4C[C@H]34)[C@@H]2C1=O. The van der Waals surface area contributed by atoms with E-state index < -0.39 is 16.9 Å². The van der Waals surface area contributed by atoms with E-state index in [4.69, 9.17) is 0 Å². The maximum absolute atomic E-state index is 13.0. The normalized spacial score (nSPS) is 35.4. The van der Waals surface area contributed by atoms with Gasteiger partial charge in [0, 0.05) is 17.8 Å². The van der Waals surface area contributed by atoms with Gasteiger partial charge in [-0.25, -0.2) is 0 Å². The highest BCUT2D eigenvalue weighted by atomic mass is 16.6. The molecule has 1 heterocycles. The molecule has 28 heavy (non-hydrogen) atoms. The molecule has 8 nitrogen and oxygen atoms in total. The van der Waals surface area contributed by atoms with Gasteiger partial charge in [0.05, 0.1) is 16.8 Å². The lowest BCUT2D eigenvalue weighted by Crippen LogP contribution is -2.46. The van der Waals surface area contributed by atoms with Gasteiger partial charge in [-0.3, -0.25) is 29.4 Å². The van der Waals surface area contributed by atoms with Gasteiger partial charge in [-0.15, -0.1) is 0 Å². The first-order valence-electron chi connectivity index (χ1n) is 9.49. The molecule has 0 aromatic heterocycles. The number of hydrogen-bond donors (Lipinski definition) is 1. The molecule has 2 bridgehead atoms. The van der Waals surface area contributed by atoms with Crippen LogP contribution in [0.3, 0.4) is 0 Å². The van der Waals surface area contributed by atoms with E-state index in [0.29, 0.717) is 17.5 Å². The first-order chi connectivity index (χ1) is 13.4. The number of likely N-dealkylation sites (tertiary alicyclic amines) is 1. The Labute approximate surface area is 160 Å². The van der Waals surface area contributed by atoms with Crippen LogP contribution >= 0.6 is 0 Å². The molecule has 1 aromatic carbocycles. The molecule has 2 saturated carbocycles. The molecular formula is C20H19N3O5. The zero-order valence-corrected chi connectivity index (χ0v) is 15.1. The lowest BCUT2D eigenvalue weighted by atomic mass is 9.63. The lowest BCUT2D eigenvalue weighted by molar-refractivity contribution is -0.384. The number of amides is 3. The maximum Gasteiger partial charge on any atom is 0.269 e. The van der Waals surface area contributed by atoms with Crippen molar-refractivity contribution in [2.24, 2.45) is 35.5 Å². The van der Waals surface area contributed by atoms with Gasteiger partial charge in [-0.1, -0.05) is 12.2 Å². The van der Waals surface area contributed by atoms with Gasteiger partial charge in [0.2, 0.25) is 17.7 Å². The molecule has 0 unspecified atom stereocenters. The van der Waals surface area contributed by atoms with Crippen LogP contribution < -0.4 is 5.32 Å². The van der Waals surface area contributed by atoms with E-state index in [1.807, 2.05) is 0 Å². The number of rotatable bonds is 4. The van der Waals surface area contributed by atoms with Gasteiger partial charge in [-0.05, 0) is 49.1 Å². The molecule has 0 spiro atoms. The van der Waals surface area contributed by atoms with Crippen LogP contribution in [0.1, 0.15) is 13.3 Å². The van der Waals surface area contributed by atoms with Crippen molar-refractivity contribution in [3.63, 3.8) is 0 Å². The number of anilines is 1. The quantitative estimate of drug-likeness (QED) is 0.371. The third-order valence-electron chi connectivity index (χ3n) is 6.81. The smallest absolute Gasteiger partial charge is 0.269 e. The largest absolute Gasteiger partial charge is 0.324 e. The number of nitro benzene ring substituents is 1. The molecule has 1 N–H and O–H groups in total. The molecule has 1 aromatic rings. The van der Waals surface area contributed by atoms with E-state index in [-0.39, 0.29) is 41.2 Å². The zero-order chi connectivity index (χ0) is 19.7. The van der Waals surface area contributed by atoms with Crippen LogP contribution in [0, 0.1) is 45.6 Å². The summed E-state index contributed by atoms with van der Waals surface area (Å²) < 4.78 is 0. The van der Waals surface area contributed by atoms with Gasteiger partial charge in [0.15, 0.2) is 0 Å². The van der Waals surface area contributed by atoms with E-state index in [0.717, 1.165) is 11.3 Å². The van der Waals surface area contributed by atoms with Crippen LogP contribution in [-0.2, 0) is 14.4 Å². The Balaban J connectivity index is 1.33. The van der Waals surface area contributed by atoms with Crippen molar-refractivity contribution in [2.75, 3.05) is 5.32 Å². The Kier molecular flexibility index (Phi) is 3.50. The van der Waals surface area contributed by atoms with Crippen molar-refractivity contribution in [2.45, 2.75) is 19.4 Å². The van der Waals surface area contributed by atoms with E-state index in [9.17, 15) is 24.5 Å². The first kappa shape index (κ1) is 17.1. The molecule has 6 rings (SSSR count). The van der Waals surface area contributed by atoms with Gasteiger partial charge in [0.1, 0.15) is 6.04 Å². The molecule has 3 fully saturated rings. The fourth-order valence-electron chi connectivity index (χ4n) is 5.39. The number of imide groups is 1. The van der Waals surface area contributed by atoms with Crippen molar-refractivity contribution >= 4 is 29.1 Å². The summed E-state index contributed by atoms with van der Waals surface area (Å²) in [4.78, 5) is 50.1. The minimum atomic E-state index is -0.934. The number of nitrogens with one attached hydrogen (secondary N) is 1. The summed E-state index contributed by atoms with van der Waals surface area (Å²) in [6.07, 6.45) is 5.28. The van der Waals surface area contributed by atoms with E-state index in [2.05, 4.69) is 17.5 Å². The monoisotopic (exact) mass is 381 g/mol. The van der Waals surface area contributed by atoms with Crippen molar-refractivity contribution in [3.8, 4) is 0 Å². The third kappa shape index (κ3) is 2.26. The van der Waals surface area contributed by atoms with Crippen molar-refractivity contribution < 1.29 is 19.3 Å². The van der Waals surface area contributed by atoms with E-state index >= 15 is 0 Å². The van der Waals surface area contributed by atoms with Gasteiger partial charge < -0.3 is 5.32 Å². The predicted molar refractivity (Wildman–Crippen MR) is 97.7 cm³/mol. The van der Waals surface area contributed by atoms with Crippen LogP contribution in [0.5, 0.6) is 0 Å². The Bertz CT molecular complexity index is 904. The van der Waals surface area contributed by atoms with Crippen molar-refractivity contribution in [3.05, 3.63) is 46.5 Å². The molecule has 144 valence electrons. The van der Waals surface area contributed by atoms with E-state index in [1.165, 1.54) is 24.3 Å². The highest BCUT2D eigenvalue weighted by molar-refractivity contribution is 6.10. The number of hydrogen-bond acceptors (Lipinski definition) is 5. The van der Waals surface area contributed by atoms with Crippen LogP contribution in [0.4, 0.5) is 11.4 Å². The summed E-state index contributed by atoms with van der Waals surface area (Å²) in [6, 6.07) is 4.49. The number of allylic oxidation sites excluding steroid dienone is 2. The predicted octanol–water partition coefficient (Wildman–Crippen LogP) is 1.97. The molecule has 5 aliphatic rings. The molecule has 4 aliphatic carbocycles. The summed E-state index contributed by atoms with van der Waals surface area (Å²) in [5, 5.41) is 13.4. The lowest BCUT2D eigenvalue weighted by Gasteiger charge is -2.37. The van der Waals surface area contributed by atoms with E-state index in [1.54, 1.807) is 6.92 Å². The summed E-state index contributed by atoms with van der Waals surface area (Å²) in [6.45, 7) is 1.55. The Morgan fingerprint density at radius 2 is 1.64 bits per heavy atom. The average Bonchev–Trinajstić information content (AvgIpc) is 3.45. The molecule has 3 amide bonds. The molecule has 1 saturated heterocycles. The molecule has 0 radical (unpaired) electrons. The topological polar surface area (TPSA) is 110 Å². The van der Waals surface area contributed by atoms with Gasteiger partial charge in [-0.2, -0.15) is 0 Å². The number of nitrogens with zero attached hydrogens (tertiary/aromatic N) is 2. The molecule has 8 heteroatoms. The van der Waals surface area contributed by atoms with Crippen LogP contribution in [-0.4, -0.2) is 33.6 Å². The summed E-state index contributed by atoms with van der Waals surface area (Å²) >= 11 is 0. The summed E-state index contributed by atoms with van der Waals surface area (Å²) in [5.74, 6) is -0.384. The van der Waals surface area contributed by atoms with Crippen LogP contribution in [0.2, 0.25) is 0 Å². The fourth-order valence-corrected chi connectivity index (χ4v) is 5.39. The highest BCUT2D eigenvalue weighted by Gasteiger charge is 2.67. The Hall–Kier alpha value is -3.03. The third-order valence-corrected chi connectivity index (χ3v) is 6.81. The van der Waals surface area contributed by atoms with Crippen LogP contribution in [0.15, 0.2) is 36.4 Å². The number of benzene rings is 1. The summed E-state index contributed by atoms with van der Waals surface area (Å²) in [5.41, 5.74) is 0.295. The number of carbonyl (C=O) groups excluding carboxylic acids is 3. The second-order valence-corrected chi connectivity index (χ2v) is 8.17. The summed E-state index contributed by atoms with van der Waals surface area (Å²) in [7, 11) is 0. The second-order valence-electron chi connectivity index (χ2n) is 8.17. The van der Waals surface area contributed by atoms with Crippen LogP contribution in [0.25, 0.3) is 0 Å². The molecular weight excluding hydrogens is 362 g/mol. The molecule has 7 atom stereocenters. The van der Waals surface area contributed by atoms with Crippen molar-refractivity contribution in [1.29, 1.82) is 0 Å². The van der Waals surface area contributed by atoms with Crippen molar-refractivity contribution in [1.82, 2.24) is 4.90 Å². The average molecular weight is 381 g/mol. The minimum absolute atomic E-state index is 0.0819. The van der Waals surface area contributed by atoms with Gasteiger partial charge >= 0.3 is 0 Å². The number of non-ortho nitro benzene ring substituents is 1. The highest BCUT2D eigenvalue weighted by Crippen LogP contribution is 2.65. The maximum atomic E-state index is 13.0. The minimum Gasteiger partial charge on any atom is -0.324 e. The Morgan fingerprint density at radius 3 is 2.14 bits per heavy atom. The molecule has 1 aliphatic heterocycles.